The second kappa shape index (κ2) is 18.1. The molecule has 12 heteroatoms. The van der Waals surface area contributed by atoms with Gasteiger partial charge in [0, 0.05) is 42.3 Å². The number of nitrogens with one attached hydrogen (secondary N) is 1. The first-order valence-electron chi connectivity index (χ1n) is 19.2. The predicted octanol–water partition coefficient (Wildman–Crippen LogP) is 5.57. The standard InChI is InChI=1S/C42H55BrN4O7/c1-7-12-18-34(49)44-25-33(28-16-14-13-15-17-28)53-41(52)35-36-39(50)47(32(26-48)27(6)9-3)38(42(36)24-31(43)37(35)54-42)40(51)46(23-8-2)30-21-19-29(20-22-30)45(10-4)11-5/h7-8,13-17,19-22,27,31-33,35-38,48H,1-2,9-12,18,23-26H2,3-6H3,(H,44,49)/t27-,31?,32-,33-,35-,36+,37-,38-,42+/m0/s1. The maximum absolute atomic E-state index is 15.2. The fraction of sp³-hybridized carbons (Fsp3) is 0.524. The average molecular weight is 808 g/mol. The second-order valence-corrected chi connectivity index (χ2v) is 15.6. The van der Waals surface area contributed by atoms with Crippen LogP contribution >= 0.6 is 15.9 Å². The number of halogens is 1. The largest absolute Gasteiger partial charge is 0.455 e. The van der Waals surface area contributed by atoms with Crippen LogP contribution in [0.5, 0.6) is 0 Å². The lowest BCUT2D eigenvalue weighted by atomic mass is 9.70. The molecule has 0 aromatic heterocycles. The van der Waals surface area contributed by atoms with Gasteiger partial charge in [0.05, 0.1) is 37.1 Å². The van der Waals surface area contributed by atoms with Crippen molar-refractivity contribution in [3.63, 3.8) is 0 Å². The molecular weight excluding hydrogens is 752 g/mol. The van der Waals surface area contributed by atoms with Gasteiger partial charge in [-0.2, -0.15) is 0 Å². The second-order valence-electron chi connectivity index (χ2n) is 14.4. The van der Waals surface area contributed by atoms with Crippen LogP contribution in [0.15, 0.2) is 79.9 Å². The molecule has 3 aliphatic rings. The van der Waals surface area contributed by atoms with Crippen molar-refractivity contribution < 1.29 is 33.8 Å². The van der Waals surface area contributed by atoms with E-state index in [0.29, 0.717) is 30.5 Å². The number of nitrogens with zero attached hydrogens (tertiary/aromatic N) is 3. The first-order valence-corrected chi connectivity index (χ1v) is 20.1. The van der Waals surface area contributed by atoms with Crippen molar-refractivity contribution in [2.75, 3.05) is 42.6 Å². The summed E-state index contributed by atoms with van der Waals surface area (Å²) in [5.41, 5.74) is 0.960. The van der Waals surface area contributed by atoms with Gasteiger partial charge in [-0.25, -0.2) is 0 Å². The van der Waals surface area contributed by atoms with Gasteiger partial charge in [-0.1, -0.05) is 78.7 Å². The average Bonchev–Trinajstić information content (AvgIpc) is 3.78. The van der Waals surface area contributed by atoms with Crippen LogP contribution in [0, 0.1) is 17.8 Å². The minimum atomic E-state index is -1.38. The van der Waals surface area contributed by atoms with E-state index in [9.17, 15) is 19.5 Å². The summed E-state index contributed by atoms with van der Waals surface area (Å²) < 4.78 is 13.0. The molecule has 2 bridgehead atoms. The van der Waals surface area contributed by atoms with E-state index in [-0.39, 0.29) is 48.7 Å². The number of esters is 1. The van der Waals surface area contributed by atoms with Crippen molar-refractivity contribution in [3.05, 3.63) is 85.5 Å². The molecule has 9 atom stereocenters. The van der Waals surface area contributed by atoms with Gasteiger partial charge in [0.15, 0.2) is 0 Å². The molecule has 1 unspecified atom stereocenters. The minimum Gasteiger partial charge on any atom is -0.455 e. The molecule has 1 spiro atoms. The number of likely N-dealkylation sites (tertiary alicyclic amines) is 1. The molecule has 0 saturated carbocycles. The van der Waals surface area contributed by atoms with E-state index in [1.807, 2.05) is 68.4 Å². The Balaban J connectivity index is 1.53. The molecule has 3 saturated heterocycles. The number of carbonyl (C=O) groups excluding carboxylic acids is 4. The lowest BCUT2D eigenvalue weighted by molar-refractivity contribution is -0.161. The molecular formula is C42H55BrN4O7. The normalized spacial score (nSPS) is 25.7. The number of ether oxygens (including phenoxy) is 2. The van der Waals surface area contributed by atoms with Gasteiger partial charge in [-0.05, 0) is 62.4 Å². The number of benzene rings is 2. The van der Waals surface area contributed by atoms with Crippen molar-refractivity contribution in [3.8, 4) is 0 Å². The molecule has 3 fully saturated rings. The molecule has 3 amide bonds. The topological polar surface area (TPSA) is 129 Å². The van der Waals surface area contributed by atoms with Crippen LogP contribution in [0.3, 0.4) is 0 Å². The van der Waals surface area contributed by atoms with Crippen molar-refractivity contribution in [1.29, 1.82) is 0 Å². The highest BCUT2D eigenvalue weighted by molar-refractivity contribution is 9.09. The molecule has 0 radical (unpaired) electrons. The predicted molar refractivity (Wildman–Crippen MR) is 213 cm³/mol. The van der Waals surface area contributed by atoms with Crippen LogP contribution in [-0.4, -0.2) is 95.1 Å². The fourth-order valence-corrected chi connectivity index (χ4v) is 9.40. The summed E-state index contributed by atoms with van der Waals surface area (Å²) in [5.74, 6) is -3.89. The number of rotatable bonds is 19. The Morgan fingerprint density at radius 3 is 2.33 bits per heavy atom. The lowest BCUT2D eigenvalue weighted by Gasteiger charge is -2.41. The molecule has 5 rings (SSSR count). The highest BCUT2D eigenvalue weighted by Crippen LogP contribution is 2.61. The number of amides is 3. The Morgan fingerprint density at radius 1 is 1.07 bits per heavy atom. The number of allylic oxidation sites excluding steroid dienone is 1. The van der Waals surface area contributed by atoms with Crippen LogP contribution in [0.2, 0.25) is 0 Å². The van der Waals surface area contributed by atoms with Crippen LogP contribution < -0.4 is 15.1 Å². The highest BCUT2D eigenvalue weighted by Gasteiger charge is 2.77. The van der Waals surface area contributed by atoms with Crippen molar-refractivity contribution in [2.45, 2.75) is 88.1 Å². The number of carbonyl (C=O) groups is 4. The summed E-state index contributed by atoms with van der Waals surface area (Å²) in [6, 6.07) is 15.0. The number of alkyl halides is 1. The van der Waals surface area contributed by atoms with E-state index in [1.165, 1.54) is 4.90 Å². The van der Waals surface area contributed by atoms with Crippen molar-refractivity contribution >= 4 is 51.0 Å². The SMILES string of the molecule is C=CCCC(=O)NC[C@H](OC(=O)[C@@H]1[C@H]2O[C@@]3(CC2Br)[C@H](C(=O)N(CC=C)c2ccc(N(CC)CC)cc2)N([C@@H](CO)[C@@H](C)CC)C(=O)[C@@H]13)c1ccccc1. The quantitative estimate of drug-likeness (QED) is 0.107. The van der Waals surface area contributed by atoms with E-state index in [0.717, 1.165) is 18.8 Å². The van der Waals surface area contributed by atoms with Gasteiger partial charge in [0.1, 0.15) is 17.7 Å². The van der Waals surface area contributed by atoms with Crippen LogP contribution in [0.25, 0.3) is 0 Å². The zero-order chi connectivity index (χ0) is 39.2. The summed E-state index contributed by atoms with van der Waals surface area (Å²) in [5, 5.41) is 13.7. The highest BCUT2D eigenvalue weighted by atomic mass is 79.9. The summed E-state index contributed by atoms with van der Waals surface area (Å²) in [6.45, 7) is 17.2. The lowest BCUT2D eigenvalue weighted by Crippen LogP contribution is -2.60. The van der Waals surface area contributed by atoms with E-state index >= 15 is 4.79 Å². The minimum absolute atomic E-state index is 0.0306. The summed E-state index contributed by atoms with van der Waals surface area (Å²) >= 11 is 3.76. The van der Waals surface area contributed by atoms with E-state index in [1.54, 1.807) is 17.1 Å². The van der Waals surface area contributed by atoms with Gasteiger partial charge in [0.25, 0.3) is 5.91 Å². The Hall–Kier alpha value is -4.00. The Bertz CT molecular complexity index is 1650. The van der Waals surface area contributed by atoms with Crippen LogP contribution in [0.4, 0.5) is 11.4 Å². The smallest absolute Gasteiger partial charge is 0.313 e. The van der Waals surface area contributed by atoms with Crippen LogP contribution in [-0.2, 0) is 28.7 Å². The fourth-order valence-electron chi connectivity index (χ4n) is 8.46. The van der Waals surface area contributed by atoms with Gasteiger partial charge >= 0.3 is 5.97 Å². The van der Waals surface area contributed by atoms with Gasteiger partial charge in [-0.3, -0.25) is 19.2 Å². The number of fused-ring (bicyclic) bond motifs is 1. The molecule has 2 aromatic carbocycles. The monoisotopic (exact) mass is 806 g/mol. The molecule has 3 aliphatic heterocycles. The first-order chi connectivity index (χ1) is 26.0. The van der Waals surface area contributed by atoms with Crippen LogP contribution in [0.1, 0.15) is 65.0 Å². The third kappa shape index (κ3) is 7.88. The van der Waals surface area contributed by atoms with E-state index < -0.39 is 53.6 Å². The van der Waals surface area contributed by atoms with Crippen molar-refractivity contribution in [1.82, 2.24) is 10.2 Å². The molecule has 3 heterocycles. The molecule has 11 nitrogen and oxygen atoms in total. The van der Waals surface area contributed by atoms with Gasteiger partial charge in [0.2, 0.25) is 11.8 Å². The Labute approximate surface area is 327 Å². The summed E-state index contributed by atoms with van der Waals surface area (Å²) in [4.78, 5) is 62.2. The maximum Gasteiger partial charge on any atom is 0.313 e. The summed E-state index contributed by atoms with van der Waals surface area (Å²) in [7, 11) is 0. The third-order valence-electron chi connectivity index (χ3n) is 11.4. The van der Waals surface area contributed by atoms with Gasteiger partial charge < -0.3 is 34.6 Å². The maximum atomic E-state index is 15.2. The molecule has 54 heavy (non-hydrogen) atoms. The van der Waals surface area contributed by atoms with Crippen molar-refractivity contribution in [2.24, 2.45) is 17.8 Å². The number of anilines is 2. The zero-order valence-electron chi connectivity index (χ0n) is 31.9. The molecule has 2 N–H and O–H groups in total. The number of aliphatic hydroxyl groups is 1. The molecule has 0 aliphatic carbocycles. The third-order valence-corrected chi connectivity index (χ3v) is 12.3. The molecule has 292 valence electrons. The Morgan fingerprint density at radius 2 is 1.74 bits per heavy atom. The number of hydrogen-bond donors (Lipinski definition) is 2. The Kier molecular flexibility index (Phi) is 13.8. The van der Waals surface area contributed by atoms with E-state index in [2.05, 4.69) is 53.2 Å². The first kappa shape index (κ1) is 41.2. The molecule has 2 aromatic rings. The van der Waals surface area contributed by atoms with Gasteiger partial charge in [-0.15, -0.1) is 13.2 Å². The van der Waals surface area contributed by atoms with E-state index in [4.69, 9.17) is 9.47 Å². The number of aliphatic hydroxyl groups excluding tert-OH is 1. The number of hydrogen-bond acceptors (Lipinski definition) is 8. The summed E-state index contributed by atoms with van der Waals surface area (Å²) in [6.07, 6.45) is 3.42. The zero-order valence-corrected chi connectivity index (χ0v) is 33.5.